The van der Waals surface area contributed by atoms with E-state index in [9.17, 15) is 10.2 Å². The molecule has 0 aliphatic heterocycles. The molecule has 3 heteroatoms. The van der Waals surface area contributed by atoms with Crippen molar-refractivity contribution in [3.8, 4) is 11.5 Å². The van der Waals surface area contributed by atoms with Crippen LogP contribution in [0.15, 0.2) is 60.7 Å². The zero-order chi connectivity index (χ0) is 22.8. The SMILES string of the molecule is CCCCCCC[CH2][Sn+2][CH2]CCCCCCC.[O-]c1ccccc1.[O-]c1ccccc1. The normalized spacial score (nSPS) is 9.61. The van der Waals surface area contributed by atoms with Crippen LogP contribution in [0.25, 0.3) is 0 Å². The first-order valence-corrected chi connectivity index (χ1v) is 16.4. The number of unbranched alkanes of at least 4 members (excludes halogenated alkanes) is 10. The zero-order valence-corrected chi connectivity index (χ0v) is 22.8. The van der Waals surface area contributed by atoms with E-state index in [0.717, 1.165) is 0 Å². The Bertz CT molecular complexity index is 508. The summed E-state index contributed by atoms with van der Waals surface area (Å²) < 4.78 is 3.31. The Hall–Kier alpha value is -1.16. The van der Waals surface area contributed by atoms with Crippen LogP contribution < -0.4 is 10.2 Å². The molecule has 0 radical (unpaired) electrons. The number of hydrogen-bond acceptors (Lipinski definition) is 2. The molecule has 0 saturated carbocycles. The fourth-order valence-electron chi connectivity index (χ4n) is 3.03. The molecule has 0 heterocycles. The molecule has 172 valence electrons. The molecule has 2 aromatic carbocycles. The predicted octanol–water partition coefficient (Wildman–Crippen LogP) is 7.77. The van der Waals surface area contributed by atoms with Crippen LogP contribution >= 0.6 is 0 Å². The van der Waals surface area contributed by atoms with Gasteiger partial charge >= 0.3 is 121 Å². The third-order valence-corrected chi connectivity index (χ3v) is 8.94. The van der Waals surface area contributed by atoms with E-state index in [2.05, 4.69) is 13.8 Å². The molecule has 0 atom stereocenters. The number of benzene rings is 2. The summed E-state index contributed by atoms with van der Waals surface area (Å²) in [6.07, 6.45) is 17.8. The van der Waals surface area contributed by atoms with Crippen molar-refractivity contribution in [3.05, 3.63) is 60.7 Å². The molecule has 0 N–H and O–H groups in total. The molecule has 0 aromatic heterocycles. The average Bonchev–Trinajstić information content (AvgIpc) is 2.79. The molecule has 31 heavy (non-hydrogen) atoms. The Kier molecular flexibility index (Phi) is 24.2. The van der Waals surface area contributed by atoms with Crippen molar-refractivity contribution in [1.29, 1.82) is 0 Å². The Balaban J connectivity index is 0.000000518. The van der Waals surface area contributed by atoms with Gasteiger partial charge in [-0.15, -0.1) is 11.5 Å². The van der Waals surface area contributed by atoms with Crippen molar-refractivity contribution >= 4 is 21.1 Å². The van der Waals surface area contributed by atoms with Gasteiger partial charge in [-0.1, -0.05) is 60.7 Å². The molecule has 2 nitrogen and oxygen atoms in total. The van der Waals surface area contributed by atoms with E-state index in [-0.39, 0.29) is 32.6 Å². The molecular formula is C28H44O2Sn. The summed E-state index contributed by atoms with van der Waals surface area (Å²) in [6, 6.07) is 16.7. The summed E-state index contributed by atoms with van der Waals surface area (Å²) in [6.45, 7) is 4.60. The molecule has 0 unspecified atom stereocenters. The largest absolute Gasteiger partial charge is 0.872 e. The van der Waals surface area contributed by atoms with Gasteiger partial charge < -0.3 is 10.2 Å². The maximum absolute atomic E-state index is 10.3. The minimum Gasteiger partial charge on any atom is -0.872 e. The first-order chi connectivity index (χ1) is 15.2. The molecular weight excluding hydrogens is 487 g/mol. The van der Waals surface area contributed by atoms with Crippen LogP contribution in [0.5, 0.6) is 11.5 Å². The standard InChI is InChI=1S/2C8H17.2C6H6O.Sn/c2*1-3-5-7-8-6-4-2;2*7-6-4-2-1-3-5-6;/h2*1,3-8H2,2H3;2*1-5,7H;/q;;;;+2/p-2. The Labute approximate surface area is 202 Å². The van der Waals surface area contributed by atoms with Gasteiger partial charge in [0.15, 0.2) is 0 Å². The molecule has 0 aliphatic carbocycles. The van der Waals surface area contributed by atoms with Crippen LogP contribution in [-0.2, 0) is 0 Å². The quantitative estimate of drug-likeness (QED) is 0.185. The molecule has 2 rings (SSSR count). The minimum atomic E-state index is 0.0718. The summed E-state index contributed by atoms with van der Waals surface area (Å²) in [5.74, 6) is 0.144. The second-order valence-electron chi connectivity index (χ2n) is 7.91. The third-order valence-electron chi connectivity index (χ3n) is 4.90. The monoisotopic (exact) mass is 532 g/mol. The van der Waals surface area contributed by atoms with Gasteiger partial charge in [0, 0.05) is 0 Å². The first kappa shape index (κ1) is 29.8. The molecule has 0 saturated heterocycles. The Morgan fingerprint density at radius 3 is 1.10 bits per heavy atom. The second kappa shape index (κ2) is 25.1. The van der Waals surface area contributed by atoms with Gasteiger partial charge in [-0.05, 0) is 0 Å². The van der Waals surface area contributed by atoms with Gasteiger partial charge in [0.2, 0.25) is 0 Å². The van der Waals surface area contributed by atoms with E-state index in [1.807, 2.05) is 12.1 Å². The second-order valence-corrected chi connectivity index (χ2v) is 12.2. The van der Waals surface area contributed by atoms with Gasteiger partial charge in [-0.3, -0.25) is 0 Å². The van der Waals surface area contributed by atoms with Crippen molar-refractivity contribution < 1.29 is 10.2 Å². The van der Waals surface area contributed by atoms with Gasteiger partial charge in [-0.2, -0.15) is 0 Å². The van der Waals surface area contributed by atoms with Crippen LogP contribution in [0.1, 0.15) is 90.9 Å². The van der Waals surface area contributed by atoms with Crippen molar-refractivity contribution in [3.63, 3.8) is 0 Å². The molecule has 0 amide bonds. The van der Waals surface area contributed by atoms with E-state index in [1.54, 1.807) is 46.0 Å². The van der Waals surface area contributed by atoms with Crippen molar-refractivity contribution in [2.75, 3.05) is 0 Å². The van der Waals surface area contributed by atoms with Crippen LogP contribution in [-0.4, -0.2) is 21.1 Å². The summed E-state index contributed by atoms with van der Waals surface area (Å²) in [5.41, 5.74) is 0. The number of para-hydroxylation sites is 2. The molecule has 0 spiro atoms. The third kappa shape index (κ3) is 25.0. The van der Waals surface area contributed by atoms with Gasteiger partial charge in [-0.25, -0.2) is 0 Å². The maximum Gasteiger partial charge on any atom is -0.0623 e. The van der Waals surface area contributed by atoms with Crippen LogP contribution in [0.4, 0.5) is 0 Å². The Morgan fingerprint density at radius 1 is 0.484 bits per heavy atom. The minimum absolute atomic E-state index is 0.0718. The topological polar surface area (TPSA) is 46.1 Å². The number of hydrogen-bond donors (Lipinski definition) is 0. The predicted molar refractivity (Wildman–Crippen MR) is 134 cm³/mol. The summed E-state index contributed by atoms with van der Waals surface area (Å²) in [7, 11) is 0. The van der Waals surface area contributed by atoms with Gasteiger partial charge in [0.1, 0.15) is 0 Å². The van der Waals surface area contributed by atoms with Gasteiger partial charge in [0.25, 0.3) is 0 Å². The fourth-order valence-corrected chi connectivity index (χ4v) is 6.59. The fraction of sp³-hybridized carbons (Fsp3) is 0.571. The van der Waals surface area contributed by atoms with Crippen molar-refractivity contribution in [2.24, 2.45) is 0 Å². The summed E-state index contributed by atoms with van der Waals surface area (Å²) in [4.78, 5) is 0. The van der Waals surface area contributed by atoms with E-state index < -0.39 is 0 Å². The first-order valence-electron chi connectivity index (χ1n) is 12.4. The Morgan fingerprint density at radius 2 is 0.806 bits per heavy atom. The van der Waals surface area contributed by atoms with Crippen LogP contribution in [0, 0.1) is 0 Å². The summed E-state index contributed by atoms with van der Waals surface area (Å²) in [5, 5.41) is 20.5. The van der Waals surface area contributed by atoms with Gasteiger partial charge in [0.05, 0.1) is 0 Å². The van der Waals surface area contributed by atoms with E-state index in [0.29, 0.717) is 0 Å². The van der Waals surface area contributed by atoms with E-state index in [1.165, 1.54) is 88.5 Å². The zero-order valence-electron chi connectivity index (χ0n) is 20.0. The molecule has 2 aromatic rings. The molecule has 0 aliphatic rings. The maximum atomic E-state index is 10.3. The van der Waals surface area contributed by atoms with Crippen molar-refractivity contribution in [2.45, 2.75) is 99.8 Å². The van der Waals surface area contributed by atoms with E-state index >= 15 is 0 Å². The molecule has 0 fully saturated rings. The van der Waals surface area contributed by atoms with E-state index in [4.69, 9.17) is 0 Å². The average molecular weight is 531 g/mol. The smallest absolute Gasteiger partial charge is 0.0623 e. The number of rotatable bonds is 14. The summed E-state index contributed by atoms with van der Waals surface area (Å²) >= 11 is 0.0736. The van der Waals surface area contributed by atoms with Crippen molar-refractivity contribution in [1.82, 2.24) is 0 Å². The molecule has 0 bridgehead atoms. The van der Waals surface area contributed by atoms with Crippen LogP contribution in [0.3, 0.4) is 0 Å². The van der Waals surface area contributed by atoms with Crippen LogP contribution in [0.2, 0.25) is 8.87 Å².